The van der Waals surface area contributed by atoms with Gasteiger partial charge in [0.15, 0.2) is 0 Å². The van der Waals surface area contributed by atoms with Gasteiger partial charge in [0.25, 0.3) is 0 Å². The van der Waals surface area contributed by atoms with E-state index in [1.54, 1.807) is 13.8 Å². The van der Waals surface area contributed by atoms with Crippen LogP contribution in [0, 0.1) is 5.92 Å². The van der Waals surface area contributed by atoms with Gasteiger partial charge < -0.3 is 14.6 Å². The van der Waals surface area contributed by atoms with Gasteiger partial charge in [0.1, 0.15) is 12.6 Å². The molecular weight excluding hydrogens is 286 g/mol. The van der Waals surface area contributed by atoms with Crippen LogP contribution in [-0.2, 0) is 20.9 Å². The molecule has 6 heteroatoms. The molecule has 0 spiro atoms. The van der Waals surface area contributed by atoms with Crippen LogP contribution in [0.5, 0.6) is 0 Å². The van der Waals surface area contributed by atoms with Crippen LogP contribution in [0.4, 0.5) is 4.79 Å². The van der Waals surface area contributed by atoms with E-state index in [-0.39, 0.29) is 25.7 Å². The molecule has 120 valence electrons. The SMILES string of the molecule is CCOC(=O)[C@H]1[C@@H](C)[C@H](O)CN1C(=O)OCc1ccccc1. The Kier molecular flexibility index (Phi) is 5.38. The van der Waals surface area contributed by atoms with Crippen LogP contribution in [0.1, 0.15) is 19.4 Å². The summed E-state index contributed by atoms with van der Waals surface area (Å²) in [6.45, 7) is 3.84. The Labute approximate surface area is 129 Å². The fourth-order valence-corrected chi connectivity index (χ4v) is 2.54. The normalized spacial score (nSPS) is 24.1. The zero-order chi connectivity index (χ0) is 16.1. The summed E-state index contributed by atoms with van der Waals surface area (Å²) < 4.78 is 10.2. The fraction of sp³-hybridized carbons (Fsp3) is 0.500. The Morgan fingerprint density at radius 1 is 1.27 bits per heavy atom. The van der Waals surface area contributed by atoms with Crippen molar-refractivity contribution in [1.29, 1.82) is 0 Å². The van der Waals surface area contributed by atoms with E-state index in [0.717, 1.165) is 5.56 Å². The van der Waals surface area contributed by atoms with Crippen molar-refractivity contribution >= 4 is 12.1 Å². The van der Waals surface area contributed by atoms with Crippen molar-refractivity contribution in [1.82, 2.24) is 4.90 Å². The summed E-state index contributed by atoms with van der Waals surface area (Å²) in [5, 5.41) is 9.93. The standard InChI is InChI=1S/C16H21NO5/c1-3-21-15(19)14-11(2)13(18)9-17(14)16(20)22-10-12-7-5-4-6-8-12/h4-8,11,13-14,18H,3,9-10H2,1-2H3/t11-,13+,14+/m0/s1. The Morgan fingerprint density at radius 2 is 1.95 bits per heavy atom. The molecule has 2 rings (SSSR count). The van der Waals surface area contributed by atoms with E-state index in [1.807, 2.05) is 30.3 Å². The van der Waals surface area contributed by atoms with Crippen LogP contribution in [0.2, 0.25) is 0 Å². The Hall–Kier alpha value is -2.08. The molecule has 3 atom stereocenters. The number of aliphatic hydroxyl groups is 1. The van der Waals surface area contributed by atoms with Crippen LogP contribution in [0.3, 0.4) is 0 Å². The average molecular weight is 307 g/mol. The maximum absolute atomic E-state index is 12.2. The summed E-state index contributed by atoms with van der Waals surface area (Å²) in [5.74, 6) is -0.897. The summed E-state index contributed by atoms with van der Waals surface area (Å²) >= 11 is 0. The van der Waals surface area contributed by atoms with Crippen molar-refractivity contribution in [3.05, 3.63) is 35.9 Å². The molecule has 1 aliphatic heterocycles. The molecule has 1 N–H and O–H groups in total. The third-order valence-corrected chi connectivity index (χ3v) is 3.79. The first-order valence-electron chi connectivity index (χ1n) is 7.36. The molecule has 1 heterocycles. The first kappa shape index (κ1) is 16.3. The molecule has 0 bridgehead atoms. The lowest BCUT2D eigenvalue weighted by Crippen LogP contribution is -2.44. The number of esters is 1. The van der Waals surface area contributed by atoms with E-state index in [4.69, 9.17) is 9.47 Å². The molecule has 1 aromatic carbocycles. The van der Waals surface area contributed by atoms with Gasteiger partial charge in [-0.25, -0.2) is 9.59 Å². The lowest BCUT2D eigenvalue weighted by Gasteiger charge is -2.24. The van der Waals surface area contributed by atoms with Crippen LogP contribution in [-0.4, -0.2) is 47.4 Å². The molecule has 6 nitrogen and oxygen atoms in total. The number of rotatable bonds is 4. The largest absolute Gasteiger partial charge is 0.464 e. The molecule has 0 saturated carbocycles. The van der Waals surface area contributed by atoms with Gasteiger partial charge in [0.05, 0.1) is 19.3 Å². The maximum atomic E-state index is 12.2. The number of carbonyl (C=O) groups is 2. The first-order valence-corrected chi connectivity index (χ1v) is 7.36. The zero-order valence-corrected chi connectivity index (χ0v) is 12.8. The summed E-state index contributed by atoms with van der Waals surface area (Å²) in [5.41, 5.74) is 0.858. The van der Waals surface area contributed by atoms with Crippen molar-refractivity contribution in [3.8, 4) is 0 Å². The predicted octanol–water partition coefficient (Wildman–Crippen LogP) is 1.57. The van der Waals surface area contributed by atoms with E-state index >= 15 is 0 Å². The number of ether oxygens (including phenoxy) is 2. The number of benzene rings is 1. The minimum absolute atomic E-state index is 0.0677. The monoisotopic (exact) mass is 307 g/mol. The van der Waals surface area contributed by atoms with Gasteiger partial charge in [0.2, 0.25) is 0 Å². The second-order valence-electron chi connectivity index (χ2n) is 5.32. The number of nitrogens with zero attached hydrogens (tertiary/aromatic N) is 1. The fourth-order valence-electron chi connectivity index (χ4n) is 2.54. The van der Waals surface area contributed by atoms with Crippen LogP contribution in [0.25, 0.3) is 0 Å². The van der Waals surface area contributed by atoms with Gasteiger partial charge in [-0.15, -0.1) is 0 Å². The van der Waals surface area contributed by atoms with Gasteiger partial charge in [-0.1, -0.05) is 37.3 Å². The minimum Gasteiger partial charge on any atom is -0.464 e. The van der Waals surface area contributed by atoms with Crippen molar-refractivity contribution in [2.45, 2.75) is 32.6 Å². The number of aliphatic hydroxyl groups excluding tert-OH is 1. The van der Waals surface area contributed by atoms with Gasteiger partial charge >= 0.3 is 12.1 Å². The molecule has 1 fully saturated rings. The van der Waals surface area contributed by atoms with E-state index in [2.05, 4.69) is 0 Å². The highest BCUT2D eigenvalue weighted by Crippen LogP contribution is 2.26. The lowest BCUT2D eigenvalue weighted by molar-refractivity contribution is -0.149. The topological polar surface area (TPSA) is 76.1 Å². The van der Waals surface area contributed by atoms with E-state index in [0.29, 0.717) is 0 Å². The van der Waals surface area contributed by atoms with E-state index in [9.17, 15) is 14.7 Å². The number of carbonyl (C=O) groups excluding carboxylic acids is 2. The van der Waals surface area contributed by atoms with E-state index in [1.165, 1.54) is 4.90 Å². The second-order valence-corrected chi connectivity index (χ2v) is 5.32. The molecule has 1 amide bonds. The van der Waals surface area contributed by atoms with E-state index < -0.39 is 24.2 Å². The highest BCUT2D eigenvalue weighted by Gasteiger charge is 2.46. The molecule has 0 radical (unpaired) electrons. The highest BCUT2D eigenvalue weighted by atomic mass is 16.6. The summed E-state index contributed by atoms with van der Waals surface area (Å²) in [7, 11) is 0. The average Bonchev–Trinajstić information content (AvgIpc) is 2.82. The molecule has 0 aliphatic carbocycles. The first-order chi connectivity index (χ1) is 10.5. The van der Waals surface area contributed by atoms with Gasteiger partial charge in [-0.05, 0) is 12.5 Å². The summed E-state index contributed by atoms with van der Waals surface area (Å²) in [6, 6.07) is 8.46. The Balaban J connectivity index is 2.01. The predicted molar refractivity (Wildman–Crippen MR) is 78.9 cm³/mol. The van der Waals surface area contributed by atoms with Gasteiger partial charge in [0, 0.05) is 5.92 Å². The smallest absolute Gasteiger partial charge is 0.410 e. The third-order valence-electron chi connectivity index (χ3n) is 3.79. The van der Waals surface area contributed by atoms with Crippen molar-refractivity contribution in [2.24, 2.45) is 5.92 Å². The number of hydrogen-bond donors (Lipinski definition) is 1. The van der Waals surface area contributed by atoms with Crippen molar-refractivity contribution in [2.75, 3.05) is 13.2 Å². The molecule has 1 saturated heterocycles. The third kappa shape index (κ3) is 3.57. The van der Waals surface area contributed by atoms with Gasteiger partial charge in [-0.2, -0.15) is 0 Å². The lowest BCUT2D eigenvalue weighted by atomic mass is 10.0. The number of β-amino-alcohol motifs (C(OH)–C–C–N with tert-alkyl or cyclic N) is 1. The number of hydrogen-bond acceptors (Lipinski definition) is 5. The molecule has 0 unspecified atom stereocenters. The Morgan fingerprint density at radius 3 is 2.59 bits per heavy atom. The second kappa shape index (κ2) is 7.26. The molecule has 1 aromatic rings. The summed E-state index contributed by atoms with van der Waals surface area (Å²) in [6.07, 6.45) is -1.39. The van der Waals surface area contributed by atoms with Crippen LogP contribution >= 0.6 is 0 Å². The van der Waals surface area contributed by atoms with Crippen LogP contribution in [0.15, 0.2) is 30.3 Å². The molecular formula is C16H21NO5. The Bertz CT molecular complexity index is 519. The molecule has 1 aliphatic rings. The molecule has 22 heavy (non-hydrogen) atoms. The van der Waals surface area contributed by atoms with Gasteiger partial charge in [-0.3, -0.25) is 4.90 Å². The van der Waals surface area contributed by atoms with Crippen molar-refractivity contribution < 1.29 is 24.2 Å². The maximum Gasteiger partial charge on any atom is 0.410 e. The quantitative estimate of drug-likeness (QED) is 0.855. The summed E-state index contributed by atoms with van der Waals surface area (Å²) in [4.78, 5) is 25.5. The molecule has 0 aromatic heterocycles. The number of likely N-dealkylation sites (tertiary alicyclic amines) is 1. The highest BCUT2D eigenvalue weighted by molar-refractivity contribution is 5.82. The minimum atomic E-state index is -0.807. The zero-order valence-electron chi connectivity index (χ0n) is 12.8. The van der Waals surface area contributed by atoms with Crippen molar-refractivity contribution in [3.63, 3.8) is 0 Å². The number of amides is 1. The van der Waals surface area contributed by atoms with Crippen LogP contribution < -0.4 is 0 Å².